The third kappa shape index (κ3) is 5.76. The van der Waals surface area contributed by atoms with Crippen molar-refractivity contribution in [3.05, 3.63) is 80.8 Å². The molecule has 0 atom stereocenters. The average molecular weight is 557 g/mol. The third-order valence-electron chi connectivity index (χ3n) is 6.97. The summed E-state index contributed by atoms with van der Waals surface area (Å²) in [5, 5.41) is 14.5. The molecule has 11 nitrogen and oxygen atoms in total. The molecular weight excluding hydrogens is 520 g/mol. The number of ether oxygens (including phenoxy) is 1. The van der Waals surface area contributed by atoms with Gasteiger partial charge in [0.2, 0.25) is 5.82 Å². The Morgan fingerprint density at radius 1 is 0.927 bits per heavy atom. The summed E-state index contributed by atoms with van der Waals surface area (Å²) in [5.41, 5.74) is 4.02. The van der Waals surface area contributed by atoms with E-state index in [2.05, 4.69) is 65.7 Å². The SMILES string of the molecule is CCCn1c(=O)n(CCOC)c(=O)c2c1nc(CC(C)(C)C)n2Cc1ccc(-c2ccccc2-c2nn[nH]n2)cc1. The molecule has 0 amide bonds. The molecule has 5 aromatic rings. The minimum Gasteiger partial charge on any atom is -0.383 e. The minimum atomic E-state index is -0.349. The zero-order valence-corrected chi connectivity index (χ0v) is 24.2. The molecule has 0 aliphatic heterocycles. The Hall–Kier alpha value is -4.38. The third-order valence-corrected chi connectivity index (χ3v) is 6.97. The van der Waals surface area contributed by atoms with Gasteiger partial charge in [-0.25, -0.2) is 9.78 Å². The van der Waals surface area contributed by atoms with E-state index in [4.69, 9.17) is 9.72 Å². The van der Waals surface area contributed by atoms with Crippen molar-refractivity contribution < 1.29 is 4.74 Å². The van der Waals surface area contributed by atoms with Crippen molar-refractivity contribution in [1.29, 1.82) is 0 Å². The highest BCUT2D eigenvalue weighted by atomic mass is 16.5. The second-order valence-electron chi connectivity index (χ2n) is 11.4. The molecule has 0 aliphatic rings. The topological polar surface area (TPSA) is 126 Å². The summed E-state index contributed by atoms with van der Waals surface area (Å²) in [6.45, 7) is 9.80. The van der Waals surface area contributed by atoms with Crippen LogP contribution >= 0.6 is 0 Å². The number of nitrogens with zero attached hydrogens (tertiary/aromatic N) is 7. The first-order chi connectivity index (χ1) is 19.7. The number of aryl methyl sites for hydroxylation is 1. The van der Waals surface area contributed by atoms with Gasteiger partial charge in [0.05, 0.1) is 13.2 Å². The van der Waals surface area contributed by atoms with Crippen molar-refractivity contribution in [2.75, 3.05) is 13.7 Å². The van der Waals surface area contributed by atoms with Crippen LogP contribution < -0.4 is 11.2 Å². The zero-order chi connectivity index (χ0) is 29.1. The van der Waals surface area contributed by atoms with Gasteiger partial charge in [0.15, 0.2) is 11.2 Å². The molecule has 0 saturated heterocycles. The molecule has 0 bridgehead atoms. The maximum Gasteiger partial charge on any atom is 0.332 e. The number of rotatable bonds is 10. The van der Waals surface area contributed by atoms with Crippen LogP contribution in [0.1, 0.15) is 45.5 Å². The molecule has 0 fully saturated rings. The lowest BCUT2D eigenvalue weighted by Gasteiger charge is -2.19. The Bertz CT molecular complexity index is 1760. The van der Waals surface area contributed by atoms with Crippen LogP contribution in [0.3, 0.4) is 0 Å². The zero-order valence-electron chi connectivity index (χ0n) is 24.2. The van der Waals surface area contributed by atoms with Crippen LogP contribution in [0.5, 0.6) is 0 Å². The van der Waals surface area contributed by atoms with Crippen LogP contribution in [-0.2, 0) is 30.8 Å². The van der Waals surface area contributed by atoms with Gasteiger partial charge in [-0.2, -0.15) is 5.21 Å². The fourth-order valence-corrected chi connectivity index (χ4v) is 5.10. The van der Waals surface area contributed by atoms with E-state index < -0.39 is 0 Å². The molecule has 0 saturated carbocycles. The minimum absolute atomic E-state index is 0.0766. The number of tetrazole rings is 1. The molecule has 0 spiro atoms. The lowest BCUT2D eigenvalue weighted by molar-refractivity contribution is 0.184. The summed E-state index contributed by atoms with van der Waals surface area (Å²) >= 11 is 0. The van der Waals surface area contributed by atoms with E-state index in [1.165, 1.54) is 4.57 Å². The summed E-state index contributed by atoms with van der Waals surface area (Å²) in [4.78, 5) is 32.1. The van der Waals surface area contributed by atoms with Crippen LogP contribution in [0.4, 0.5) is 0 Å². The Morgan fingerprint density at radius 3 is 2.29 bits per heavy atom. The number of hydrogen-bond donors (Lipinski definition) is 1. The monoisotopic (exact) mass is 556 g/mol. The second kappa shape index (κ2) is 11.6. The number of nitrogens with one attached hydrogen (secondary N) is 1. The number of methoxy groups -OCH3 is 1. The molecule has 0 unspecified atom stereocenters. The van der Waals surface area contributed by atoms with E-state index in [0.29, 0.717) is 36.5 Å². The van der Waals surface area contributed by atoms with Crippen molar-refractivity contribution in [1.82, 2.24) is 39.3 Å². The van der Waals surface area contributed by atoms with Gasteiger partial charge in [-0.05, 0) is 33.7 Å². The second-order valence-corrected chi connectivity index (χ2v) is 11.4. The molecule has 1 N–H and O–H groups in total. The summed E-state index contributed by atoms with van der Waals surface area (Å²) in [6, 6.07) is 16.1. The molecule has 41 heavy (non-hydrogen) atoms. The Morgan fingerprint density at radius 2 is 1.66 bits per heavy atom. The van der Waals surface area contributed by atoms with E-state index in [-0.39, 0.29) is 29.8 Å². The fourth-order valence-electron chi connectivity index (χ4n) is 5.10. The number of aromatic nitrogens is 8. The largest absolute Gasteiger partial charge is 0.383 e. The number of imidazole rings is 1. The van der Waals surface area contributed by atoms with Crippen LogP contribution in [0, 0.1) is 5.41 Å². The molecule has 11 heteroatoms. The summed E-state index contributed by atoms with van der Waals surface area (Å²) in [5.74, 6) is 1.31. The van der Waals surface area contributed by atoms with Crippen LogP contribution in [-0.4, -0.2) is 53.0 Å². The van der Waals surface area contributed by atoms with Crippen molar-refractivity contribution in [3.8, 4) is 22.5 Å². The van der Waals surface area contributed by atoms with Gasteiger partial charge in [-0.1, -0.05) is 76.2 Å². The van der Waals surface area contributed by atoms with Gasteiger partial charge in [0, 0.05) is 32.2 Å². The Kier molecular flexibility index (Phi) is 7.98. The number of H-pyrrole nitrogens is 1. The number of benzene rings is 2. The Balaban J connectivity index is 1.61. The molecule has 0 radical (unpaired) electrons. The first-order valence-electron chi connectivity index (χ1n) is 13.9. The molecule has 214 valence electrons. The first-order valence-corrected chi connectivity index (χ1v) is 13.9. The lowest BCUT2D eigenvalue weighted by atomic mass is 9.92. The predicted molar refractivity (Wildman–Crippen MR) is 158 cm³/mol. The standard InChI is InChI=1S/C30H36N8O3/c1-6-15-36-27-25(28(39)37(29(36)40)16-17-41-5)38(24(31-27)18-30(2,3)4)19-20-11-13-21(14-12-20)22-9-7-8-10-23(22)26-32-34-35-33-26/h7-14H,6,15-19H2,1-5H3,(H,32,33,34,35). The summed E-state index contributed by atoms with van der Waals surface area (Å²) in [6.07, 6.45) is 1.39. The van der Waals surface area contributed by atoms with Gasteiger partial charge >= 0.3 is 5.69 Å². The van der Waals surface area contributed by atoms with E-state index in [1.54, 1.807) is 11.7 Å². The molecular formula is C30H36N8O3. The molecule has 0 aliphatic carbocycles. The van der Waals surface area contributed by atoms with Crippen LogP contribution in [0.2, 0.25) is 0 Å². The fraction of sp³-hybridized carbons (Fsp3) is 0.400. The highest BCUT2D eigenvalue weighted by Crippen LogP contribution is 2.30. The van der Waals surface area contributed by atoms with Crippen molar-refractivity contribution >= 4 is 11.2 Å². The molecule has 2 aromatic carbocycles. The van der Waals surface area contributed by atoms with E-state index in [0.717, 1.165) is 34.5 Å². The molecule has 3 heterocycles. The van der Waals surface area contributed by atoms with Gasteiger partial charge in [0.1, 0.15) is 5.82 Å². The van der Waals surface area contributed by atoms with E-state index >= 15 is 0 Å². The van der Waals surface area contributed by atoms with Gasteiger partial charge < -0.3 is 9.30 Å². The van der Waals surface area contributed by atoms with E-state index in [9.17, 15) is 9.59 Å². The molecule has 3 aromatic heterocycles. The van der Waals surface area contributed by atoms with Gasteiger partial charge in [0.25, 0.3) is 5.56 Å². The van der Waals surface area contributed by atoms with Crippen molar-refractivity contribution in [2.24, 2.45) is 5.41 Å². The highest BCUT2D eigenvalue weighted by Gasteiger charge is 2.24. The summed E-state index contributed by atoms with van der Waals surface area (Å²) in [7, 11) is 1.56. The highest BCUT2D eigenvalue weighted by molar-refractivity contribution is 5.80. The van der Waals surface area contributed by atoms with Crippen LogP contribution in [0.15, 0.2) is 58.1 Å². The van der Waals surface area contributed by atoms with Gasteiger partial charge in [-0.15, -0.1) is 10.2 Å². The smallest absolute Gasteiger partial charge is 0.332 e. The predicted octanol–water partition coefficient (Wildman–Crippen LogP) is 3.90. The van der Waals surface area contributed by atoms with Crippen molar-refractivity contribution in [2.45, 2.75) is 60.2 Å². The summed E-state index contributed by atoms with van der Waals surface area (Å²) < 4.78 is 10.1. The number of aromatic amines is 1. The first kappa shape index (κ1) is 28.2. The van der Waals surface area contributed by atoms with E-state index in [1.807, 2.05) is 35.8 Å². The number of fused-ring (bicyclic) bond motifs is 1. The lowest BCUT2D eigenvalue weighted by Crippen LogP contribution is -2.41. The van der Waals surface area contributed by atoms with Crippen LogP contribution in [0.25, 0.3) is 33.7 Å². The maximum absolute atomic E-state index is 13.8. The average Bonchev–Trinajstić information content (AvgIpc) is 3.60. The molecule has 5 rings (SSSR count). The quantitative estimate of drug-likeness (QED) is 0.277. The number of hydrogen-bond acceptors (Lipinski definition) is 7. The normalized spacial score (nSPS) is 11.9. The van der Waals surface area contributed by atoms with Gasteiger partial charge in [-0.3, -0.25) is 13.9 Å². The Labute approximate surface area is 237 Å². The maximum atomic E-state index is 13.8. The van der Waals surface area contributed by atoms with Crippen molar-refractivity contribution in [3.63, 3.8) is 0 Å².